The summed E-state index contributed by atoms with van der Waals surface area (Å²) >= 11 is 0. The number of hydrogen-bond acceptors (Lipinski definition) is 1. The van der Waals surface area contributed by atoms with Crippen LogP contribution in [0.3, 0.4) is 0 Å². The second-order valence-corrected chi connectivity index (χ2v) is 5.08. The molecule has 0 aliphatic heterocycles. The van der Waals surface area contributed by atoms with Crippen LogP contribution < -0.4 is 0 Å². The van der Waals surface area contributed by atoms with Gasteiger partial charge in [0.15, 0.2) is 0 Å². The number of carboxylic acid groups (broad SMARTS) is 1. The van der Waals surface area contributed by atoms with Gasteiger partial charge in [-0.3, -0.25) is 4.79 Å². The molecule has 0 aromatic heterocycles. The van der Waals surface area contributed by atoms with Gasteiger partial charge in [0.2, 0.25) is 0 Å². The van der Waals surface area contributed by atoms with Crippen molar-refractivity contribution < 1.29 is 9.90 Å². The number of carboxylic acids is 1. The Balaban J connectivity index is 2.12. The summed E-state index contributed by atoms with van der Waals surface area (Å²) in [5, 5.41) is 9.21. The maximum absolute atomic E-state index is 11.2. The zero-order chi connectivity index (χ0) is 13.2. The molecule has 1 aromatic rings. The minimum absolute atomic E-state index is 0.0151. The molecule has 1 aromatic carbocycles. The summed E-state index contributed by atoms with van der Waals surface area (Å²) in [5.41, 5.74) is 3.50. The zero-order valence-electron chi connectivity index (χ0n) is 10.6. The van der Waals surface area contributed by atoms with Gasteiger partial charge in [-0.25, -0.2) is 0 Å². The molecule has 0 saturated carbocycles. The molecule has 0 fully saturated rings. The van der Waals surface area contributed by atoms with E-state index in [9.17, 15) is 9.90 Å². The summed E-state index contributed by atoms with van der Waals surface area (Å²) in [6.45, 7) is 0. The molecule has 2 nitrogen and oxygen atoms in total. The number of allylic oxidation sites excluding steroid dienone is 5. The highest BCUT2D eigenvalue weighted by Crippen LogP contribution is 2.41. The van der Waals surface area contributed by atoms with Crippen LogP contribution in [-0.4, -0.2) is 11.1 Å². The van der Waals surface area contributed by atoms with Crippen LogP contribution in [0.15, 0.2) is 54.1 Å². The lowest BCUT2D eigenvalue weighted by Gasteiger charge is -2.25. The van der Waals surface area contributed by atoms with Gasteiger partial charge in [0.25, 0.3) is 0 Å². The molecule has 96 valence electrons. The highest BCUT2D eigenvalue weighted by Gasteiger charge is 2.28. The lowest BCUT2D eigenvalue weighted by Crippen LogP contribution is -2.15. The van der Waals surface area contributed by atoms with E-state index in [1.807, 2.05) is 18.2 Å². The van der Waals surface area contributed by atoms with E-state index >= 15 is 0 Å². The molecule has 2 heteroatoms. The van der Waals surface area contributed by atoms with Crippen molar-refractivity contribution in [2.45, 2.75) is 18.8 Å². The topological polar surface area (TPSA) is 37.3 Å². The first-order valence-electron chi connectivity index (χ1n) is 6.61. The van der Waals surface area contributed by atoms with Crippen molar-refractivity contribution in [2.75, 3.05) is 0 Å². The smallest absolute Gasteiger partial charge is 0.304 e. The van der Waals surface area contributed by atoms with Gasteiger partial charge < -0.3 is 5.11 Å². The fourth-order valence-corrected chi connectivity index (χ4v) is 3.01. The summed E-state index contributed by atoms with van der Waals surface area (Å²) in [4.78, 5) is 11.2. The molecule has 0 bridgehead atoms. The average molecular weight is 252 g/mol. The predicted octanol–water partition coefficient (Wildman–Crippen LogP) is 3.77. The van der Waals surface area contributed by atoms with Crippen molar-refractivity contribution in [2.24, 2.45) is 5.92 Å². The Morgan fingerprint density at radius 2 is 2.16 bits per heavy atom. The standard InChI is InChI=1S/C17H16O2/c18-17(19)11-16-14-7-3-1-5-12(14)9-10-13-6-2-4-8-15(13)16/h1-5,7-10,13,16H,6,11H2,(H,18,19)/t13-,16?/m0/s1. The Morgan fingerprint density at radius 3 is 3.00 bits per heavy atom. The van der Waals surface area contributed by atoms with Gasteiger partial charge in [-0.1, -0.05) is 60.2 Å². The molecular formula is C17H16O2. The van der Waals surface area contributed by atoms with Crippen LogP contribution in [0.4, 0.5) is 0 Å². The second kappa shape index (κ2) is 4.88. The number of benzene rings is 1. The minimum Gasteiger partial charge on any atom is -0.481 e. The Bertz CT molecular complexity index is 593. The average Bonchev–Trinajstić information content (AvgIpc) is 2.57. The summed E-state index contributed by atoms with van der Waals surface area (Å²) in [6.07, 6.45) is 11.7. The van der Waals surface area contributed by atoms with E-state index < -0.39 is 5.97 Å². The second-order valence-electron chi connectivity index (χ2n) is 5.08. The molecule has 1 N–H and O–H groups in total. The van der Waals surface area contributed by atoms with Crippen molar-refractivity contribution in [3.63, 3.8) is 0 Å². The molecule has 2 aliphatic rings. The van der Waals surface area contributed by atoms with Gasteiger partial charge in [0, 0.05) is 11.8 Å². The van der Waals surface area contributed by atoms with Gasteiger partial charge >= 0.3 is 5.97 Å². The van der Waals surface area contributed by atoms with E-state index in [0.717, 1.165) is 17.5 Å². The molecule has 0 spiro atoms. The van der Waals surface area contributed by atoms with Crippen LogP contribution in [-0.2, 0) is 4.79 Å². The van der Waals surface area contributed by atoms with E-state index in [1.165, 1.54) is 5.57 Å². The van der Waals surface area contributed by atoms with E-state index in [-0.39, 0.29) is 12.3 Å². The first-order chi connectivity index (χ1) is 9.25. The highest BCUT2D eigenvalue weighted by molar-refractivity contribution is 5.71. The zero-order valence-corrected chi connectivity index (χ0v) is 10.6. The maximum atomic E-state index is 11.2. The van der Waals surface area contributed by atoms with Crippen LogP contribution in [0, 0.1) is 5.92 Å². The van der Waals surface area contributed by atoms with Crippen molar-refractivity contribution in [3.8, 4) is 0 Å². The third kappa shape index (κ3) is 2.26. The summed E-state index contributed by atoms with van der Waals surface area (Å²) in [6, 6.07) is 8.10. The van der Waals surface area contributed by atoms with E-state index in [4.69, 9.17) is 0 Å². The highest BCUT2D eigenvalue weighted by atomic mass is 16.4. The third-order valence-electron chi connectivity index (χ3n) is 3.90. The number of rotatable bonds is 2. The van der Waals surface area contributed by atoms with Gasteiger partial charge in [-0.15, -0.1) is 0 Å². The van der Waals surface area contributed by atoms with Crippen molar-refractivity contribution >= 4 is 12.0 Å². The Morgan fingerprint density at radius 1 is 1.32 bits per heavy atom. The number of hydrogen-bond donors (Lipinski definition) is 1. The molecular weight excluding hydrogens is 236 g/mol. The molecule has 0 saturated heterocycles. The van der Waals surface area contributed by atoms with Crippen molar-refractivity contribution in [1.29, 1.82) is 0 Å². The third-order valence-corrected chi connectivity index (χ3v) is 3.90. The van der Waals surface area contributed by atoms with Crippen molar-refractivity contribution in [1.82, 2.24) is 0 Å². The lowest BCUT2D eigenvalue weighted by molar-refractivity contribution is -0.137. The van der Waals surface area contributed by atoms with Crippen LogP contribution >= 0.6 is 0 Å². The number of fused-ring (bicyclic) bond motifs is 2. The minimum atomic E-state index is -0.740. The molecule has 0 amide bonds. The molecule has 0 heterocycles. The van der Waals surface area contributed by atoms with Crippen LogP contribution in [0.2, 0.25) is 0 Å². The summed E-state index contributed by atoms with van der Waals surface area (Å²) < 4.78 is 0. The fourth-order valence-electron chi connectivity index (χ4n) is 3.01. The molecule has 19 heavy (non-hydrogen) atoms. The normalized spacial score (nSPS) is 24.1. The Hall–Kier alpha value is -2.09. The molecule has 1 unspecified atom stereocenters. The Labute approximate surface area is 112 Å². The van der Waals surface area contributed by atoms with Gasteiger partial charge in [0.1, 0.15) is 0 Å². The molecule has 2 atom stereocenters. The quantitative estimate of drug-likeness (QED) is 0.869. The SMILES string of the molecule is O=C(O)CC1C2=CC=CC[C@H]2C=Cc2ccccc21. The lowest BCUT2D eigenvalue weighted by atomic mass is 9.79. The molecule has 3 rings (SSSR count). The van der Waals surface area contributed by atoms with E-state index in [1.54, 1.807) is 0 Å². The first-order valence-corrected chi connectivity index (χ1v) is 6.61. The van der Waals surface area contributed by atoms with E-state index in [2.05, 4.69) is 36.4 Å². The van der Waals surface area contributed by atoms with Crippen molar-refractivity contribution in [3.05, 3.63) is 65.3 Å². The largest absolute Gasteiger partial charge is 0.481 e. The molecule has 0 radical (unpaired) electrons. The van der Waals surface area contributed by atoms with Crippen LogP contribution in [0.1, 0.15) is 29.9 Å². The van der Waals surface area contributed by atoms with Crippen LogP contribution in [0.25, 0.3) is 6.08 Å². The number of carbonyl (C=O) groups is 1. The molecule has 2 aliphatic carbocycles. The van der Waals surface area contributed by atoms with Gasteiger partial charge in [-0.05, 0) is 17.5 Å². The fraction of sp³-hybridized carbons (Fsp3) is 0.235. The first kappa shape index (κ1) is 12.0. The number of aliphatic carboxylic acids is 1. The van der Waals surface area contributed by atoms with E-state index in [0.29, 0.717) is 5.92 Å². The predicted molar refractivity (Wildman–Crippen MR) is 75.8 cm³/mol. The van der Waals surface area contributed by atoms with Gasteiger partial charge in [0.05, 0.1) is 6.42 Å². The van der Waals surface area contributed by atoms with Crippen LogP contribution in [0.5, 0.6) is 0 Å². The van der Waals surface area contributed by atoms with Gasteiger partial charge in [-0.2, -0.15) is 0 Å². The monoisotopic (exact) mass is 252 g/mol. The summed E-state index contributed by atoms with van der Waals surface area (Å²) in [5.74, 6) is -0.420. The Kier molecular flexibility index (Phi) is 3.08. The maximum Gasteiger partial charge on any atom is 0.304 e. The summed E-state index contributed by atoms with van der Waals surface area (Å²) in [7, 11) is 0.